The van der Waals surface area contributed by atoms with Crippen molar-refractivity contribution in [1.29, 1.82) is 0 Å². The molecule has 7 heteroatoms. The highest BCUT2D eigenvalue weighted by molar-refractivity contribution is 6.28. The van der Waals surface area contributed by atoms with E-state index in [9.17, 15) is 4.79 Å². The van der Waals surface area contributed by atoms with Gasteiger partial charge in [-0.05, 0) is 13.1 Å². The number of carbonyl (C=O) groups is 1. The molecule has 0 N–H and O–H groups in total. The van der Waals surface area contributed by atoms with Gasteiger partial charge in [0.25, 0.3) is 0 Å². The van der Waals surface area contributed by atoms with Gasteiger partial charge < -0.3 is 24.0 Å². The van der Waals surface area contributed by atoms with Crippen LogP contribution in [-0.2, 0) is 4.74 Å². The number of hydrogen-bond donors (Lipinski definition) is 0. The summed E-state index contributed by atoms with van der Waals surface area (Å²) in [6.45, 7) is 6.75. The molecule has 1 aliphatic carbocycles. The Hall–Kier alpha value is -2.90. The molecule has 0 amide bonds. The van der Waals surface area contributed by atoms with E-state index in [0.29, 0.717) is 24.5 Å². The molecule has 2 aromatic carbocycles. The van der Waals surface area contributed by atoms with Gasteiger partial charge in [0.1, 0.15) is 5.52 Å². The maximum Gasteiger partial charge on any atom is 0.196 e. The molecule has 7 nitrogen and oxygen atoms in total. The van der Waals surface area contributed by atoms with Gasteiger partial charge in [0.05, 0.1) is 35.5 Å². The number of carbonyl (C=O) groups excluding carboxylic acids is 1. The molecule has 1 aromatic heterocycles. The van der Waals surface area contributed by atoms with E-state index in [1.54, 1.807) is 0 Å². The van der Waals surface area contributed by atoms with Crippen molar-refractivity contribution in [2.24, 2.45) is 0 Å². The monoisotopic (exact) mass is 404 g/mol. The number of ketones is 1. The Morgan fingerprint density at radius 2 is 1.60 bits per heavy atom. The summed E-state index contributed by atoms with van der Waals surface area (Å²) in [7, 11) is 2.15. The normalized spacial score (nSPS) is 19.4. The zero-order chi connectivity index (χ0) is 20.2. The lowest BCUT2D eigenvalue weighted by atomic mass is 9.86. The lowest BCUT2D eigenvalue weighted by molar-refractivity contribution is 0.103. The van der Waals surface area contributed by atoms with Crippen molar-refractivity contribution < 1.29 is 14.1 Å². The third-order valence-corrected chi connectivity index (χ3v) is 6.55. The number of aromatic nitrogens is 1. The number of rotatable bonds is 2. The number of nitrogens with zero attached hydrogens (tertiary/aromatic N) is 4. The van der Waals surface area contributed by atoms with E-state index < -0.39 is 0 Å². The lowest BCUT2D eigenvalue weighted by Crippen LogP contribution is -2.44. The van der Waals surface area contributed by atoms with Gasteiger partial charge in [-0.25, -0.2) is 0 Å². The number of hydrogen-bond acceptors (Lipinski definition) is 7. The Labute approximate surface area is 174 Å². The van der Waals surface area contributed by atoms with Crippen LogP contribution >= 0.6 is 0 Å². The smallest absolute Gasteiger partial charge is 0.196 e. The van der Waals surface area contributed by atoms with Crippen molar-refractivity contribution in [1.82, 2.24) is 10.1 Å². The Kier molecular flexibility index (Phi) is 4.07. The maximum atomic E-state index is 13.6. The highest BCUT2D eigenvalue weighted by Crippen LogP contribution is 2.46. The standard InChI is InChI=1S/C23H24N4O3/c1-25-6-8-26(9-7-25)18-14-17(27-10-12-29-13-11-27)19-20-21(18)24-30-23(20)16-5-3-2-4-15(16)22(19)28/h2-5,14H,6-13H2,1H3. The first-order valence-corrected chi connectivity index (χ1v) is 10.6. The van der Waals surface area contributed by atoms with E-state index in [1.807, 2.05) is 24.3 Å². The lowest BCUT2D eigenvalue weighted by Gasteiger charge is -2.36. The number of piperazine rings is 1. The van der Waals surface area contributed by atoms with Crippen molar-refractivity contribution in [3.8, 4) is 11.3 Å². The zero-order valence-electron chi connectivity index (χ0n) is 17.1. The van der Waals surface area contributed by atoms with E-state index in [2.05, 4.69) is 33.0 Å². The molecule has 0 bridgehead atoms. The molecule has 0 atom stereocenters. The predicted octanol–water partition coefficient (Wildman–Crippen LogP) is 2.63. The minimum Gasteiger partial charge on any atom is -0.378 e. The van der Waals surface area contributed by atoms with Crippen LogP contribution in [0.3, 0.4) is 0 Å². The molecular formula is C23H24N4O3. The third kappa shape index (κ3) is 2.58. The molecule has 6 rings (SSSR count). The van der Waals surface area contributed by atoms with Gasteiger partial charge in [-0.3, -0.25) is 4.79 Å². The van der Waals surface area contributed by atoms with Crippen LogP contribution in [0.2, 0.25) is 0 Å². The largest absolute Gasteiger partial charge is 0.378 e. The SMILES string of the molecule is CN1CCN(c2cc(N3CCOCC3)c3c4c(onc24)-c2ccccc2C3=O)CC1. The average Bonchev–Trinajstić information content (AvgIpc) is 3.24. The van der Waals surface area contributed by atoms with Crippen LogP contribution < -0.4 is 9.80 Å². The molecule has 154 valence electrons. The van der Waals surface area contributed by atoms with E-state index >= 15 is 0 Å². The molecule has 30 heavy (non-hydrogen) atoms. The molecule has 3 heterocycles. The molecule has 2 aliphatic heterocycles. The second-order valence-electron chi connectivity index (χ2n) is 8.29. The fourth-order valence-electron chi connectivity index (χ4n) is 4.86. The van der Waals surface area contributed by atoms with Crippen LogP contribution in [0, 0.1) is 0 Å². The molecule has 2 saturated heterocycles. The Bertz CT molecular complexity index is 1140. The fraction of sp³-hybridized carbons (Fsp3) is 0.391. The summed E-state index contributed by atoms with van der Waals surface area (Å²) in [6.07, 6.45) is 0. The van der Waals surface area contributed by atoms with Crippen LogP contribution in [0.15, 0.2) is 34.9 Å². The first-order chi connectivity index (χ1) is 14.7. The predicted molar refractivity (Wildman–Crippen MR) is 116 cm³/mol. The van der Waals surface area contributed by atoms with Crippen molar-refractivity contribution >= 4 is 28.1 Å². The van der Waals surface area contributed by atoms with Crippen LogP contribution in [-0.4, -0.2) is 75.4 Å². The fourth-order valence-corrected chi connectivity index (χ4v) is 4.86. The highest BCUT2D eigenvalue weighted by Gasteiger charge is 2.35. The number of anilines is 2. The van der Waals surface area contributed by atoms with Crippen LogP contribution in [0.5, 0.6) is 0 Å². The molecule has 3 aromatic rings. The number of ether oxygens (including phenoxy) is 1. The van der Waals surface area contributed by atoms with Crippen LogP contribution in [0.1, 0.15) is 15.9 Å². The summed E-state index contributed by atoms with van der Waals surface area (Å²) in [5.74, 6) is 0.762. The highest BCUT2D eigenvalue weighted by atomic mass is 16.5. The Morgan fingerprint density at radius 3 is 2.37 bits per heavy atom. The van der Waals surface area contributed by atoms with Gasteiger partial charge >= 0.3 is 0 Å². The molecule has 0 radical (unpaired) electrons. The number of morpholine rings is 1. The number of likely N-dealkylation sites (N-methyl/N-ethyl adjacent to an activating group) is 1. The molecular weight excluding hydrogens is 380 g/mol. The van der Waals surface area contributed by atoms with E-state index in [4.69, 9.17) is 9.26 Å². The molecule has 3 aliphatic rings. The summed E-state index contributed by atoms with van der Waals surface area (Å²) in [6, 6.07) is 9.84. The van der Waals surface area contributed by atoms with Gasteiger partial charge in [0.2, 0.25) is 0 Å². The van der Waals surface area contributed by atoms with Gasteiger partial charge in [-0.2, -0.15) is 0 Å². The minimum absolute atomic E-state index is 0.0534. The van der Waals surface area contributed by atoms with Crippen molar-refractivity contribution in [3.63, 3.8) is 0 Å². The van der Waals surface area contributed by atoms with Crippen LogP contribution in [0.4, 0.5) is 11.4 Å². The van der Waals surface area contributed by atoms with Gasteiger partial charge in [0, 0.05) is 50.4 Å². The topological polar surface area (TPSA) is 62.1 Å². The third-order valence-electron chi connectivity index (χ3n) is 6.55. The van der Waals surface area contributed by atoms with Gasteiger partial charge in [-0.15, -0.1) is 0 Å². The van der Waals surface area contributed by atoms with E-state index in [1.165, 1.54) is 0 Å². The summed E-state index contributed by atoms with van der Waals surface area (Å²) in [5.41, 5.74) is 5.07. The number of benzene rings is 2. The Morgan fingerprint density at radius 1 is 0.900 bits per heavy atom. The van der Waals surface area contributed by atoms with Crippen molar-refractivity contribution in [3.05, 3.63) is 41.5 Å². The van der Waals surface area contributed by atoms with Crippen molar-refractivity contribution in [2.75, 3.05) is 69.3 Å². The number of fused-ring (bicyclic) bond motifs is 2. The van der Waals surface area contributed by atoms with Gasteiger partial charge in [-0.1, -0.05) is 29.4 Å². The van der Waals surface area contributed by atoms with E-state index in [0.717, 1.165) is 72.7 Å². The summed E-state index contributed by atoms with van der Waals surface area (Å²) in [5, 5.41) is 5.34. The first kappa shape index (κ1) is 17.9. The second kappa shape index (κ2) is 6.82. The average molecular weight is 404 g/mol. The minimum atomic E-state index is 0.0534. The second-order valence-corrected chi connectivity index (χ2v) is 8.29. The Balaban J connectivity index is 1.61. The molecule has 2 fully saturated rings. The van der Waals surface area contributed by atoms with Crippen LogP contribution in [0.25, 0.3) is 22.2 Å². The van der Waals surface area contributed by atoms with Gasteiger partial charge in [0.15, 0.2) is 11.5 Å². The van der Waals surface area contributed by atoms with E-state index in [-0.39, 0.29) is 5.78 Å². The maximum absolute atomic E-state index is 13.6. The summed E-state index contributed by atoms with van der Waals surface area (Å²) >= 11 is 0. The quantitative estimate of drug-likeness (QED) is 0.509. The summed E-state index contributed by atoms with van der Waals surface area (Å²) in [4.78, 5) is 20.6. The molecule has 0 spiro atoms. The molecule has 0 saturated carbocycles. The summed E-state index contributed by atoms with van der Waals surface area (Å²) < 4.78 is 11.5. The molecule has 0 unspecified atom stereocenters. The van der Waals surface area contributed by atoms with Crippen molar-refractivity contribution in [2.45, 2.75) is 0 Å². The zero-order valence-corrected chi connectivity index (χ0v) is 17.1. The first-order valence-electron chi connectivity index (χ1n) is 10.6.